The molecule has 0 radical (unpaired) electrons. The predicted molar refractivity (Wildman–Crippen MR) is 126 cm³/mol. The van der Waals surface area contributed by atoms with Crippen molar-refractivity contribution in [3.63, 3.8) is 0 Å². The van der Waals surface area contributed by atoms with Gasteiger partial charge in [0.1, 0.15) is 29.7 Å². The molecule has 0 aromatic heterocycles. The lowest BCUT2D eigenvalue weighted by Crippen LogP contribution is -2.81. The van der Waals surface area contributed by atoms with Crippen LogP contribution in [0.3, 0.4) is 0 Å². The van der Waals surface area contributed by atoms with Crippen molar-refractivity contribution in [1.82, 2.24) is 16.0 Å². The van der Waals surface area contributed by atoms with Crippen LogP contribution in [0.2, 0.25) is 0 Å². The number of aliphatic hydroxyl groups excluding tert-OH is 2. The lowest BCUT2D eigenvalue weighted by molar-refractivity contribution is -0.482. The highest BCUT2D eigenvalue weighted by atomic mass is 16.8. The Kier molecular flexibility index (Phi) is 8.04. The zero-order chi connectivity index (χ0) is 25.4. The summed E-state index contributed by atoms with van der Waals surface area (Å²) in [5.41, 5.74) is -0.784. The van der Waals surface area contributed by atoms with Gasteiger partial charge in [0.2, 0.25) is 12.1 Å². The number of aliphatic hydroxyl groups is 4. The Balaban J connectivity index is 1.52. The minimum absolute atomic E-state index is 0.00384. The molecule has 0 bridgehead atoms. The summed E-state index contributed by atoms with van der Waals surface area (Å²) in [5.74, 6) is -1.45. The van der Waals surface area contributed by atoms with Gasteiger partial charge in [-0.3, -0.25) is 0 Å². The Bertz CT molecular complexity index is 847. The fourth-order valence-corrected chi connectivity index (χ4v) is 5.51. The lowest BCUT2D eigenvalue weighted by atomic mass is 9.77. The van der Waals surface area contributed by atoms with Crippen LogP contribution >= 0.6 is 0 Å². The molecule has 198 valence electrons. The van der Waals surface area contributed by atoms with Crippen molar-refractivity contribution >= 4 is 0 Å². The molecule has 3 aliphatic rings. The largest absolute Gasteiger partial charge is 0.494 e. The SMILES string of the molecule is CCOc1ccc(CNC[C@]2(O)C[C@@H](C)O[C@H]3O[C@@H]4[C@@H](O)[C@H](NC)[C@H](O)[C@H](NC)[C@H]4O[C@]32O)cc1. The molecule has 1 aromatic rings. The van der Waals surface area contributed by atoms with Gasteiger partial charge in [-0.25, -0.2) is 0 Å². The van der Waals surface area contributed by atoms with E-state index in [9.17, 15) is 20.4 Å². The molecule has 10 atom stereocenters. The van der Waals surface area contributed by atoms with Crippen LogP contribution in [-0.4, -0.2) is 108 Å². The van der Waals surface area contributed by atoms with Crippen molar-refractivity contribution in [3.05, 3.63) is 29.8 Å². The number of benzene rings is 1. The normalized spacial score (nSPS) is 43.3. The maximum absolute atomic E-state index is 11.7. The third-order valence-corrected chi connectivity index (χ3v) is 7.33. The maximum Gasteiger partial charge on any atom is 0.249 e. The van der Waals surface area contributed by atoms with E-state index in [4.69, 9.17) is 18.9 Å². The van der Waals surface area contributed by atoms with Crippen molar-refractivity contribution in [2.75, 3.05) is 27.2 Å². The first-order valence-electron chi connectivity index (χ1n) is 12.2. The van der Waals surface area contributed by atoms with Crippen LogP contribution in [0, 0.1) is 0 Å². The molecule has 11 heteroatoms. The predicted octanol–water partition coefficient (Wildman–Crippen LogP) is -1.58. The van der Waals surface area contributed by atoms with Gasteiger partial charge < -0.3 is 55.3 Å². The summed E-state index contributed by atoms with van der Waals surface area (Å²) >= 11 is 0. The Morgan fingerprint density at radius 1 is 1.00 bits per heavy atom. The quantitative estimate of drug-likeness (QED) is 0.223. The first kappa shape index (κ1) is 26.7. The molecule has 1 saturated carbocycles. The second-order valence-electron chi connectivity index (χ2n) is 9.68. The number of likely N-dealkylation sites (N-methyl/N-ethyl adjacent to an activating group) is 2. The van der Waals surface area contributed by atoms with Crippen LogP contribution in [0.1, 0.15) is 25.8 Å². The molecule has 2 heterocycles. The Morgan fingerprint density at radius 3 is 2.31 bits per heavy atom. The van der Waals surface area contributed by atoms with Gasteiger partial charge in [0.05, 0.1) is 30.9 Å². The topological polar surface area (TPSA) is 154 Å². The molecule has 7 N–H and O–H groups in total. The smallest absolute Gasteiger partial charge is 0.249 e. The van der Waals surface area contributed by atoms with Crippen molar-refractivity contribution < 1.29 is 39.4 Å². The van der Waals surface area contributed by atoms with Gasteiger partial charge in [0.15, 0.2) is 0 Å². The van der Waals surface area contributed by atoms with E-state index < -0.39 is 60.3 Å². The standard InChI is InChI=1S/C24H39N3O8/c1-5-32-15-8-6-14(7-9-15)11-27-12-23(30)10-13(2)33-22-24(23,31)35-20-17(26-4)18(28)16(25-3)19(29)21(20)34-22/h6-9,13,16-22,25-31H,5,10-12H2,1-4H3/t13-,16-,17+,18+,19+,20-,21-,22+,23-,24-/m1/s1. The fraction of sp³-hybridized carbons (Fsp3) is 0.750. The summed E-state index contributed by atoms with van der Waals surface area (Å²) in [5, 5.41) is 54.2. The second-order valence-corrected chi connectivity index (χ2v) is 9.68. The second kappa shape index (κ2) is 10.5. The number of ether oxygens (including phenoxy) is 4. The van der Waals surface area contributed by atoms with Crippen LogP contribution < -0.4 is 20.7 Å². The minimum Gasteiger partial charge on any atom is -0.494 e. The minimum atomic E-state index is -2.23. The van der Waals surface area contributed by atoms with Crippen molar-refractivity contribution in [3.8, 4) is 5.75 Å². The first-order valence-corrected chi connectivity index (χ1v) is 12.2. The summed E-state index contributed by atoms with van der Waals surface area (Å²) in [6.45, 7) is 4.73. The van der Waals surface area contributed by atoms with Gasteiger partial charge >= 0.3 is 0 Å². The molecule has 1 aromatic carbocycles. The van der Waals surface area contributed by atoms with Crippen LogP contribution in [0.15, 0.2) is 24.3 Å². The van der Waals surface area contributed by atoms with E-state index in [1.165, 1.54) is 0 Å². The number of hydrogen-bond donors (Lipinski definition) is 7. The average molecular weight is 498 g/mol. The van der Waals surface area contributed by atoms with Gasteiger partial charge in [0, 0.05) is 19.5 Å². The first-order chi connectivity index (χ1) is 16.7. The molecule has 35 heavy (non-hydrogen) atoms. The molecular weight excluding hydrogens is 458 g/mol. The Morgan fingerprint density at radius 2 is 1.69 bits per heavy atom. The number of rotatable bonds is 8. The molecule has 0 amide bonds. The van der Waals surface area contributed by atoms with E-state index in [2.05, 4.69) is 16.0 Å². The van der Waals surface area contributed by atoms with Crippen LogP contribution in [0.5, 0.6) is 5.75 Å². The molecule has 2 aliphatic heterocycles. The lowest BCUT2D eigenvalue weighted by Gasteiger charge is -2.60. The molecule has 0 spiro atoms. The number of hydrogen-bond acceptors (Lipinski definition) is 11. The molecule has 4 rings (SSSR count). The van der Waals surface area contributed by atoms with Crippen molar-refractivity contribution in [1.29, 1.82) is 0 Å². The van der Waals surface area contributed by atoms with Crippen LogP contribution in [0.4, 0.5) is 0 Å². The average Bonchev–Trinajstić information content (AvgIpc) is 2.81. The summed E-state index contributed by atoms with van der Waals surface area (Å²) in [4.78, 5) is 0. The molecular formula is C24H39N3O8. The van der Waals surface area contributed by atoms with Gasteiger partial charge in [-0.1, -0.05) is 12.1 Å². The summed E-state index contributed by atoms with van der Waals surface area (Å²) in [6.07, 6.45) is -5.67. The summed E-state index contributed by atoms with van der Waals surface area (Å²) < 4.78 is 23.5. The maximum atomic E-state index is 11.7. The molecule has 11 nitrogen and oxygen atoms in total. The summed E-state index contributed by atoms with van der Waals surface area (Å²) in [7, 11) is 3.29. The third kappa shape index (κ3) is 4.82. The highest BCUT2D eigenvalue weighted by molar-refractivity contribution is 5.27. The molecule has 3 fully saturated rings. The van der Waals surface area contributed by atoms with Crippen LogP contribution in [0.25, 0.3) is 0 Å². The third-order valence-electron chi connectivity index (χ3n) is 7.33. The highest BCUT2D eigenvalue weighted by Crippen LogP contribution is 2.46. The zero-order valence-corrected chi connectivity index (χ0v) is 20.7. The van der Waals surface area contributed by atoms with Crippen molar-refractivity contribution in [2.45, 2.75) is 87.1 Å². The fourth-order valence-electron chi connectivity index (χ4n) is 5.51. The summed E-state index contributed by atoms with van der Waals surface area (Å²) in [6, 6.07) is 6.26. The number of nitrogens with one attached hydrogen (secondary N) is 3. The molecule has 2 saturated heterocycles. The Hall–Kier alpha value is -1.38. The monoisotopic (exact) mass is 497 g/mol. The zero-order valence-electron chi connectivity index (χ0n) is 20.7. The van der Waals surface area contributed by atoms with Gasteiger partial charge in [-0.2, -0.15) is 0 Å². The van der Waals surface area contributed by atoms with E-state index in [0.29, 0.717) is 13.2 Å². The van der Waals surface area contributed by atoms with Crippen LogP contribution in [-0.2, 0) is 20.8 Å². The van der Waals surface area contributed by atoms with E-state index >= 15 is 0 Å². The van der Waals surface area contributed by atoms with Crippen molar-refractivity contribution in [2.24, 2.45) is 0 Å². The van der Waals surface area contributed by atoms with Gasteiger partial charge in [-0.15, -0.1) is 0 Å². The van der Waals surface area contributed by atoms with Gasteiger partial charge in [0.25, 0.3) is 0 Å². The van der Waals surface area contributed by atoms with E-state index in [1.807, 2.05) is 31.2 Å². The van der Waals surface area contributed by atoms with E-state index in [-0.39, 0.29) is 13.0 Å². The highest BCUT2D eigenvalue weighted by Gasteiger charge is 2.68. The Labute approximate surface area is 205 Å². The van der Waals surface area contributed by atoms with Gasteiger partial charge in [-0.05, 0) is 45.6 Å². The van der Waals surface area contributed by atoms with E-state index in [0.717, 1.165) is 11.3 Å². The van der Waals surface area contributed by atoms with E-state index in [1.54, 1.807) is 21.0 Å². The number of fused-ring (bicyclic) bond motifs is 2. The molecule has 1 aliphatic carbocycles. The molecule has 0 unspecified atom stereocenters.